The maximum absolute atomic E-state index is 9.84. The van der Waals surface area contributed by atoms with Crippen LogP contribution in [-0.4, -0.2) is 43.9 Å². The molecule has 3 rings (SSSR count). The smallest absolute Gasteiger partial charge is 0.224 e. The molecular formula is C15H21N7O2. The average molecular weight is 331 g/mol. The minimum absolute atomic E-state index is 0. The number of rotatable bonds is 6. The fourth-order valence-electron chi connectivity index (χ4n) is 2.56. The molecule has 2 atom stereocenters. The maximum atomic E-state index is 9.84. The van der Waals surface area contributed by atoms with E-state index in [9.17, 15) is 10.4 Å². The van der Waals surface area contributed by atoms with Gasteiger partial charge in [0.15, 0.2) is 5.82 Å². The first kappa shape index (κ1) is 16.1. The number of aromatic nitrogens is 4. The van der Waals surface area contributed by atoms with Crippen molar-refractivity contribution in [3.63, 3.8) is 0 Å². The summed E-state index contributed by atoms with van der Waals surface area (Å²) in [4.78, 5) is 12.4. The number of hydrogen-bond donors (Lipinski definition) is 3. The summed E-state index contributed by atoms with van der Waals surface area (Å²) in [6.07, 6.45) is 3.61. The molecule has 0 spiro atoms. The topological polar surface area (TPSA) is 133 Å². The largest absolute Gasteiger partial charge is 0.392 e. The van der Waals surface area contributed by atoms with E-state index in [0.717, 1.165) is 0 Å². The van der Waals surface area contributed by atoms with Crippen LogP contribution in [0.25, 0.3) is 0 Å². The van der Waals surface area contributed by atoms with Crippen molar-refractivity contribution in [3.8, 4) is 6.07 Å². The van der Waals surface area contributed by atoms with E-state index in [0.29, 0.717) is 42.5 Å². The molecule has 0 unspecified atom stereocenters. The molecule has 3 N–H and O–H groups in total. The van der Waals surface area contributed by atoms with Crippen LogP contribution in [0.1, 0.15) is 33.1 Å². The van der Waals surface area contributed by atoms with Gasteiger partial charge in [0.05, 0.1) is 12.3 Å². The third-order valence-corrected chi connectivity index (χ3v) is 4.47. The lowest BCUT2D eigenvalue weighted by molar-refractivity contribution is -0.0511. The summed E-state index contributed by atoms with van der Waals surface area (Å²) in [7, 11) is 0. The van der Waals surface area contributed by atoms with Gasteiger partial charge in [-0.1, -0.05) is 19.0 Å². The van der Waals surface area contributed by atoms with Crippen LogP contribution in [-0.2, 0) is 6.42 Å². The van der Waals surface area contributed by atoms with Gasteiger partial charge in [0.25, 0.3) is 0 Å². The number of nitrogens with one attached hydrogen (secondary N) is 2. The molecule has 1 aliphatic carbocycles. The highest BCUT2D eigenvalue weighted by atomic mass is 16.5. The number of aliphatic hydroxyl groups excluding tert-OH is 1. The third kappa shape index (κ3) is 3.14. The highest BCUT2D eigenvalue weighted by Crippen LogP contribution is 2.42. The van der Waals surface area contributed by atoms with Crippen molar-refractivity contribution in [3.05, 3.63) is 24.0 Å². The van der Waals surface area contributed by atoms with Gasteiger partial charge in [-0.15, -0.1) is 0 Å². The Kier molecular flexibility index (Phi) is 4.31. The van der Waals surface area contributed by atoms with E-state index in [2.05, 4.69) is 41.3 Å². The van der Waals surface area contributed by atoms with Crippen LogP contribution in [0.2, 0.25) is 0 Å². The number of anilines is 2. The maximum Gasteiger partial charge on any atom is 0.224 e. The molecule has 9 heteroatoms. The molecule has 0 aromatic carbocycles. The minimum atomic E-state index is -0.352. The van der Waals surface area contributed by atoms with Gasteiger partial charge >= 0.3 is 0 Å². The second-order valence-corrected chi connectivity index (χ2v) is 6.36. The van der Waals surface area contributed by atoms with Gasteiger partial charge in [0.1, 0.15) is 17.5 Å². The van der Waals surface area contributed by atoms with Crippen molar-refractivity contribution < 1.29 is 11.1 Å². The van der Waals surface area contributed by atoms with E-state index in [1.165, 1.54) is 12.6 Å². The van der Waals surface area contributed by atoms with Crippen LogP contribution >= 0.6 is 0 Å². The molecule has 2 aromatic rings. The zero-order valence-electron chi connectivity index (χ0n) is 13.5. The summed E-state index contributed by atoms with van der Waals surface area (Å²) in [5.74, 6) is 1.48. The van der Waals surface area contributed by atoms with Crippen LogP contribution in [0.4, 0.5) is 11.8 Å². The van der Waals surface area contributed by atoms with E-state index in [1.54, 1.807) is 0 Å². The second-order valence-electron chi connectivity index (χ2n) is 6.36. The zero-order valence-corrected chi connectivity index (χ0v) is 13.5. The minimum Gasteiger partial charge on any atom is -0.392 e. The van der Waals surface area contributed by atoms with E-state index < -0.39 is 0 Å². The molecule has 0 amide bonds. The quantitative estimate of drug-likeness (QED) is 0.714. The summed E-state index contributed by atoms with van der Waals surface area (Å²) in [5.41, 5.74) is 0.111. The Morgan fingerprint density at radius 2 is 2.33 bits per heavy atom. The SMILES string of the molecule is CC1(C)[C@@H](O)C[C@H]1Nc1nc(NCCc2ncon2)ncc1C#N.[HH]. The first-order valence-electron chi connectivity index (χ1n) is 7.71. The van der Waals surface area contributed by atoms with Gasteiger partial charge in [0, 0.05) is 25.8 Å². The van der Waals surface area contributed by atoms with Gasteiger partial charge in [0.2, 0.25) is 12.3 Å². The Morgan fingerprint density at radius 1 is 1.50 bits per heavy atom. The van der Waals surface area contributed by atoms with Gasteiger partial charge in [-0.3, -0.25) is 0 Å². The fourth-order valence-corrected chi connectivity index (χ4v) is 2.56. The first-order chi connectivity index (χ1) is 11.5. The lowest BCUT2D eigenvalue weighted by atomic mass is 9.64. The number of aliphatic hydroxyl groups is 1. The predicted octanol–water partition coefficient (Wildman–Crippen LogP) is 1.20. The molecule has 0 saturated heterocycles. The highest BCUT2D eigenvalue weighted by Gasteiger charge is 2.47. The van der Waals surface area contributed by atoms with Crippen molar-refractivity contribution in [1.29, 1.82) is 5.26 Å². The number of nitrogens with zero attached hydrogens (tertiary/aromatic N) is 5. The van der Waals surface area contributed by atoms with E-state index in [-0.39, 0.29) is 19.0 Å². The molecule has 0 radical (unpaired) electrons. The zero-order chi connectivity index (χ0) is 17.2. The molecule has 128 valence electrons. The molecule has 1 fully saturated rings. The Labute approximate surface area is 140 Å². The summed E-state index contributed by atoms with van der Waals surface area (Å²) in [5, 5.41) is 29.1. The summed E-state index contributed by atoms with van der Waals surface area (Å²) < 4.78 is 4.67. The predicted molar refractivity (Wildman–Crippen MR) is 87.2 cm³/mol. The van der Waals surface area contributed by atoms with Crippen LogP contribution in [0.5, 0.6) is 0 Å². The summed E-state index contributed by atoms with van der Waals surface area (Å²) in [6.45, 7) is 4.50. The molecule has 2 aromatic heterocycles. The molecular weight excluding hydrogens is 310 g/mol. The molecule has 0 bridgehead atoms. The van der Waals surface area contributed by atoms with E-state index >= 15 is 0 Å². The van der Waals surface area contributed by atoms with Crippen molar-refractivity contribution in [1.82, 2.24) is 20.1 Å². The Bertz CT molecular complexity index is 745. The second kappa shape index (κ2) is 6.41. The number of hydrogen-bond acceptors (Lipinski definition) is 9. The van der Waals surface area contributed by atoms with E-state index in [4.69, 9.17) is 0 Å². The monoisotopic (exact) mass is 331 g/mol. The lowest BCUT2D eigenvalue weighted by Gasteiger charge is -2.49. The van der Waals surface area contributed by atoms with Crippen LogP contribution in [0.3, 0.4) is 0 Å². The Morgan fingerprint density at radius 3 is 2.96 bits per heavy atom. The normalized spacial score (nSPS) is 21.6. The van der Waals surface area contributed by atoms with Crippen LogP contribution < -0.4 is 10.6 Å². The number of nitriles is 1. The van der Waals surface area contributed by atoms with Crippen molar-refractivity contribution in [2.75, 3.05) is 17.2 Å². The van der Waals surface area contributed by atoms with Crippen LogP contribution in [0, 0.1) is 16.7 Å². The molecule has 2 heterocycles. The molecule has 1 aliphatic rings. The average Bonchev–Trinajstić information content (AvgIpc) is 3.08. The summed E-state index contributed by atoms with van der Waals surface area (Å²) >= 11 is 0. The standard InChI is InChI=1S/C15H19N7O2.H2/c1-15(2)10(5-11(15)23)20-13-9(6-16)7-18-14(21-13)17-4-3-12-19-8-24-22-12;/h7-8,10-11,23H,3-5H2,1-2H3,(H2,17,18,20,21);1H/t10-,11+;/m1./s1. The highest BCUT2D eigenvalue weighted by molar-refractivity contribution is 5.54. The van der Waals surface area contributed by atoms with Crippen LogP contribution in [0.15, 0.2) is 17.1 Å². The Balaban J connectivity index is 0.00000225. The van der Waals surface area contributed by atoms with Crippen molar-refractivity contribution in [2.24, 2.45) is 5.41 Å². The first-order valence-corrected chi connectivity index (χ1v) is 7.71. The summed E-state index contributed by atoms with van der Waals surface area (Å²) in [6, 6.07) is 2.14. The van der Waals surface area contributed by atoms with Gasteiger partial charge < -0.3 is 20.3 Å². The lowest BCUT2D eigenvalue weighted by Crippen LogP contribution is -2.57. The van der Waals surface area contributed by atoms with Gasteiger partial charge in [-0.25, -0.2) is 4.98 Å². The molecule has 0 aliphatic heterocycles. The molecule has 1 saturated carbocycles. The Hall–Kier alpha value is -2.73. The van der Waals surface area contributed by atoms with Crippen molar-refractivity contribution in [2.45, 2.75) is 38.8 Å². The van der Waals surface area contributed by atoms with Gasteiger partial charge in [-0.05, 0) is 6.42 Å². The molecule has 24 heavy (non-hydrogen) atoms. The van der Waals surface area contributed by atoms with Crippen molar-refractivity contribution >= 4 is 11.8 Å². The third-order valence-electron chi connectivity index (χ3n) is 4.47. The van der Waals surface area contributed by atoms with E-state index in [1.807, 2.05) is 13.8 Å². The molecule has 9 nitrogen and oxygen atoms in total. The fraction of sp³-hybridized carbons (Fsp3) is 0.533. The van der Waals surface area contributed by atoms with Gasteiger partial charge in [-0.2, -0.15) is 15.2 Å².